The number of nitrogens with zero attached hydrogens (tertiary/aromatic N) is 3. The van der Waals surface area contributed by atoms with Crippen LogP contribution in [0.15, 0.2) is 23.1 Å². The fraction of sp³-hybridized carbons (Fsp3) is 0.500. The van der Waals surface area contributed by atoms with Crippen LogP contribution in [-0.4, -0.2) is 41.4 Å². The average molecular weight is 409 g/mol. The highest BCUT2D eigenvalue weighted by atomic mass is 32.2. The van der Waals surface area contributed by atoms with Crippen LogP contribution in [0.3, 0.4) is 0 Å². The summed E-state index contributed by atoms with van der Waals surface area (Å²) < 4.78 is 27.7. The van der Waals surface area contributed by atoms with Gasteiger partial charge < -0.3 is 0 Å². The first-order chi connectivity index (χ1) is 12.8. The lowest BCUT2D eigenvalue weighted by Crippen LogP contribution is -2.42. The molecule has 3 rings (SSSR count). The molecule has 2 aromatic rings. The molecule has 1 atom stereocenters. The SMILES string of the molecule is CCc1nnc(NC(=O)c2cc(S(=O)(=O)N3CCCCC3C)ccc2C)s1. The van der Waals surface area contributed by atoms with Gasteiger partial charge in [-0.25, -0.2) is 8.42 Å². The Hall–Kier alpha value is -1.84. The van der Waals surface area contributed by atoms with Crippen LogP contribution in [0.5, 0.6) is 0 Å². The third kappa shape index (κ3) is 4.20. The van der Waals surface area contributed by atoms with Crippen LogP contribution in [0.4, 0.5) is 5.13 Å². The van der Waals surface area contributed by atoms with Crippen molar-refractivity contribution < 1.29 is 13.2 Å². The second-order valence-electron chi connectivity index (χ2n) is 6.75. The quantitative estimate of drug-likeness (QED) is 0.820. The molecule has 0 radical (unpaired) electrons. The monoisotopic (exact) mass is 408 g/mol. The summed E-state index contributed by atoms with van der Waals surface area (Å²) in [5.41, 5.74) is 1.03. The molecule has 1 saturated heterocycles. The molecule has 0 aliphatic carbocycles. The predicted molar refractivity (Wildman–Crippen MR) is 106 cm³/mol. The van der Waals surface area contributed by atoms with Crippen LogP contribution in [0, 0.1) is 6.92 Å². The molecule has 2 heterocycles. The van der Waals surface area contributed by atoms with Gasteiger partial charge in [0.1, 0.15) is 5.01 Å². The Morgan fingerprint density at radius 1 is 1.33 bits per heavy atom. The average Bonchev–Trinajstić information content (AvgIpc) is 3.09. The van der Waals surface area contributed by atoms with Crippen molar-refractivity contribution in [3.63, 3.8) is 0 Å². The molecule has 1 unspecified atom stereocenters. The molecule has 1 amide bonds. The fourth-order valence-electron chi connectivity index (χ4n) is 3.18. The maximum absolute atomic E-state index is 13.1. The summed E-state index contributed by atoms with van der Waals surface area (Å²) in [6, 6.07) is 4.68. The van der Waals surface area contributed by atoms with E-state index in [1.165, 1.54) is 17.4 Å². The van der Waals surface area contributed by atoms with E-state index in [4.69, 9.17) is 0 Å². The van der Waals surface area contributed by atoms with Crippen molar-refractivity contribution in [2.24, 2.45) is 0 Å². The van der Waals surface area contributed by atoms with E-state index < -0.39 is 10.0 Å². The van der Waals surface area contributed by atoms with Crippen molar-refractivity contribution in [3.05, 3.63) is 34.3 Å². The van der Waals surface area contributed by atoms with Gasteiger partial charge in [0, 0.05) is 18.2 Å². The van der Waals surface area contributed by atoms with Gasteiger partial charge in [0.25, 0.3) is 5.91 Å². The molecule has 9 heteroatoms. The van der Waals surface area contributed by atoms with Crippen molar-refractivity contribution in [2.45, 2.75) is 57.4 Å². The van der Waals surface area contributed by atoms with Gasteiger partial charge >= 0.3 is 0 Å². The molecular weight excluding hydrogens is 384 g/mol. The zero-order valence-electron chi connectivity index (χ0n) is 15.7. The number of carbonyl (C=O) groups excluding carboxylic acids is 1. The zero-order chi connectivity index (χ0) is 19.6. The molecule has 1 aliphatic heterocycles. The zero-order valence-corrected chi connectivity index (χ0v) is 17.4. The fourth-order valence-corrected chi connectivity index (χ4v) is 5.58. The normalized spacial score (nSPS) is 18.4. The van der Waals surface area contributed by atoms with Crippen molar-refractivity contribution in [1.82, 2.24) is 14.5 Å². The number of aryl methyl sites for hydroxylation is 2. The molecule has 0 saturated carbocycles. The number of nitrogens with one attached hydrogen (secondary N) is 1. The Balaban J connectivity index is 1.88. The number of carbonyl (C=O) groups is 1. The highest BCUT2D eigenvalue weighted by Gasteiger charge is 2.31. The molecule has 1 N–H and O–H groups in total. The van der Waals surface area contributed by atoms with Crippen molar-refractivity contribution in [1.29, 1.82) is 0 Å². The highest BCUT2D eigenvalue weighted by Crippen LogP contribution is 2.27. The lowest BCUT2D eigenvalue weighted by molar-refractivity contribution is 0.102. The lowest BCUT2D eigenvalue weighted by atomic mass is 10.1. The van der Waals surface area contributed by atoms with Gasteiger partial charge in [-0.05, 0) is 50.8 Å². The van der Waals surface area contributed by atoms with E-state index in [1.807, 2.05) is 13.8 Å². The number of hydrogen-bond acceptors (Lipinski definition) is 6. The van der Waals surface area contributed by atoms with E-state index >= 15 is 0 Å². The summed E-state index contributed by atoms with van der Waals surface area (Å²) >= 11 is 1.31. The van der Waals surface area contributed by atoms with Gasteiger partial charge in [0.2, 0.25) is 15.2 Å². The molecule has 0 bridgehead atoms. The number of aromatic nitrogens is 2. The first kappa shape index (κ1) is 19.9. The van der Waals surface area contributed by atoms with Crippen LogP contribution in [0.1, 0.15) is 54.0 Å². The van der Waals surface area contributed by atoms with Gasteiger partial charge in [-0.3, -0.25) is 10.1 Å². The van der Waals surface area contributed by atoms with E-state index in [0.717, 1.165) is 30.7 Å². The van der Waals surface area contributed by atoms with Crippen molar-refractivity contribution in [2.75, 3.05) is 11.9 Å². The Bertz CT molecular complexity index is 940. The minimum Gasteiger partial charge on any atom is -0.296 e. The molecule has 1 aromatic carbocycles. The molecule has 146 valence electrons. The van der Waals surface area contributed by atoms with Crippen LogP contribution in [0.2, 0.25) is 0 Å². The Labute approximate surface area is 163 Å². The van der Waals surface area contributed by atoms with Crippen LogP contribution in [0.25, 0.3) is 0 Å². The minimum atomic E-state index is -3.63. The minimum absolute atomic E-state index is 0.0313. The maximum Gasteiger partial charge on any atom is 0.257 e. The smallest absolute Gasteiger partial charge is 0.257 e. The van der Waals surface area contributed by atoms with Crippen LogP contribution in [-0.2, 0) is 16.4 Å². The van der Waals surface area contributed by atoms with Crippen LogP contribution >= 0.6 is 11.3 Å². The van der Waals surface area contributed by atoms with Crippen LogP contribution < -0.4 is 5.32 Å². The maximum atomic E-state index is 13.1. The first-order valence-electron chi connectivity index (χ1n) is 9.09. The largest absolute Gasteiger partial charge is 0.296 e. The van der Waals surface area contributed by atoms with Gasteiger partial charge in [-0.1, -0.05) is 30.7 Å². The third-order valence-electron chi connectivity index (χ3n) is 4.79. The summed E-state index contributed by atoms with van der Waals surface area (Å²) in [6.07, 6.45) is 3.50. The molecule has 27 heavy (non-hydrogen) atoms. The number of amides is 1. The number of benzene rings is 1. The molecule has 7 nitrogen and oxygen atoms in total. The summed E-state index contributed by atoms with van der Waals surface area (Å²) in [4.78, 5) is 12.8. The van der Waals surface area contributed by atoms with Crippen molar-refractivity contribution in [3.8, 4) is 0 Å². The van der Waals surface area contributed by atoms with Crippen molar-refractivity contribution >= 4 is 32.4 Å². The first-order valence-corrected chi connectivity index (χ1v) is 11.3. The topological polar surface area (TPSA) is 92.3 Å². The predicted octanol–water partition coefficient (Wildman–Crippen LogP) is 3.22. The Morgan fingerprint density at radius 2 is 2.11 bits per heavy atom. The standard InChI is InChI=1S/C18H24N4O3S2/c1-4-16-20-21-18(26-16)19-17(23)15-11-14(9-8-12(15)2)27(24,25)22-10-6-5-7-13(22)3/h8-9,11,13H,4-7,10H2,1-3H3,(H,19,21,23). The second-order valence-corrected chi connectivity index (χ2v) is 9.70. The molecule has 1 aliphatic rings. The van der Waals surface area contributed by atoms with Gasteiger partial charge in [0.05, 0.1) is 4.90 Å². The third-order valence-corrected chi connectivity index (χ3v) is 7.78. The number of piperidine rings is 1. The number of rotatable bonds is 5. The van der Waals surface area contributed by atoms with E-state index in [2.05, 4.69) is 15.5 Å². The summed E-state index contributed by atoms with van der Waals surface area (Å²) in [7, 11) is -3.63. The van der Waals surface area contributed by atoms with E-state index in [0.29, 0.717) is 22.8 Å². The highest BCUT2D eigenvalue weighted by molar-refractivity contribution is 7.89. The molecule has 1 fully saturated rings. The number of hydrogen-bond donors (Lipinski definition) is 1. The molecule has 0 spiro atoms. The van der Waals surface area contributed by atoms with E-state index in [1.54, 1.807) is 23.4 Å². The Kier molecular flexibility index (Phi) is 5.92. The van der Waals surface area contributed by atoms with Gasteiger partial charge in [-0.2, -0.15) is 4.31 Å². The molecule has 1 aromatic heterocycles. The van der Waals surface area contributed by atoms with Gasteiger partial charge in [-0.15, -0.1) is 10.2 Å². The number of anilines is 1. The second kappa shape index (κ2) is 8.04. The van der Waals surface area contributed by atoms with E-state index in [-0.39, 0.29) is 16.8 Å². The Morgan fingerprint density at radius 3 is 2.78 bits per heavy atom. The lowest BCUT2D eigenvalue weighted by Gasteiger charge is -2.32. The summed E-state index contributed by atoms with van der Waals surface area (Å²) in [5.74, 6) is -0.380. The summed E-state index contributed by atoms with van der Waals surface area (Å²) in [5, 5.41) is 11.9. The molecular formula is C18H24N4O3S2. The summed E-state index contributed by atoms with van der Waals surface area (Å²) in [6.45, 7) is 6.20. The van der Waals surface area contributed by atoms with E-state index in [9.17, 15) is 13.2 Å². The number of sulfonamides is 1. The van der Waals surface area contributed by atoms with Gasteiger partial charge in [0.15, 0.2) is 0 Å².